The molecule has 0 aromatic heterocycles. The van der Waals surface area contributed by atoms with E-state index in [4.69, 9.17) is 10.2 Å². The highest BCUT2D eigenvalue weighted by molar-refractivity contribution is 14.1. The second kappa shape index (κ2) is 5.07. The van der Waals surface area contributed by atoms with Gasteiger partial charge in [-0.05, 0) is 28.7 Å². The second-order valence-corrected chi connectivity index (χ2v) is 4.58. The summed E-state index contributed by atoms with van der Waals surface area (Å²) in [6.07, 6.45) is 0. The molecule has 0 aliphatic carbocycles. The van der Waals surface area contributed by atoms with E-state index in [1.165, 1.54) is 22.6 Å². The Hall–Kier alpha value is -0.410. The molecule has 0 radical (unpaired) electrons. The number of rotatable bonds is 4. The summed E-state index contributed by atoms with van der Waals surface area (Å²) in [4.78, 5) is 0. The quantitative estimate of drug-likeness (QED) is 0.637. The molecule has 0 aliphatic heterocycles. The molecule has 0 spiro atoms. The van der Waals surface area contributed by atoms with Crippen LogP contribution in [0, 0.1) is 3.57 Å². The summed E-state index contributed by atoms with van der Waals surface area (Å²) >= 11 is 1.48. The molecule has 0 unspecified atom stereocenters. The van der Waals surface area contributed by atoms with Gasteiger partial charge in [0.2, 0.25) is 0 Å². The first-order valence-corrected chi connectivity index (χ1v) is 5.60. The van der Waals surface area contributed by atoms with Crippen LogP contribution in [0.5, 0.6) is 0 Å². The van der Waals surface area contributed by atoms with Crippen LogP contribution < -0.4 is 0 Å². The SMILES string of the molecule is OCC(F)(F)c1ccc(C(F)(F)CO)c(I)c1. The first-order valence-electron chi connectivity index (χ1n) is 4.52. The van der Waals surface area contributed by atoms with Gasteiger partial charge in [-0.2, -0.15) is 17.6 Å². The van der Waals surface area contributed by atoms with Crippen molar-refractivity contribution in [1.29, 1.82) is 0 Å². The Morgan fingerprint density at radius 1 is 1.00 bits per heavy atom. The largest absolute Gasteiger partial charge is 0.390 e. The van der Waals surface area contributed by atoms with E-state index in [1.54, 1.807) is 0 Å². The van der Waals surface area contributed by atoms with Gasteiger partial charge in [0.15, 0.2) is 0 Å². The van der Waals surface area contributed by atoms with Gasteiger partial charge in [-0.15, -0.1) is 0 Å². The Bertz CT molecular complexity index is 409. The zero-order valence-electron chi connectivity index (χ0n) is 8.43. The molecule has 1 aromatic carbocycles. The maximum Gasteiger partial charge on any atom is 0.296 e. The van der Waals surface area contributed by atoms with Gasteiger partial charge in [0.1, 0.15) is 13.2 Å². The van der Waals surface area contributed by atoms with Crippen LogP contribution in [0.15, 0.2) is 18.2 Å². The minimum atomic E-state index is -3.47. The van der Waals surface area contributed by atoms with Gasteiger partial charge in [0.05, 0.1) is 0 Å². The molecular weight excluding hydrogens is 355 g/mol. The first kappa shape index (κ1) is 14.7. The third kappa shape index (κ3) is 3.08. The summed E-state index contributed by atoms with van der Waals surface area (Å²) < 4.78 is 52.4. The normalized spacial score (nSPS) is 12.9. The van der Waals surface area contributed by atoms with Gasteiger partial charge in [0.25, 0.3) is 11.8 Å². The van der Waals surface area contributed by atoms with Gasteiger partial charge in [-0.3, -0.25) is 0 Å². The third-order valence-electron chi connectivity index (χ3n) is 2.18. The lowest BCUT2D eigenvalue weighted by Crippen LogP contribution is -2.22. The molecule has 2 nitrogen and oxygen atoms in total. The van der Waals surface area contributed by atoms with Crippen LogP contribution in [0.4, 0.5) is 17.6 Å². The monoisotopic (exact) mass is 364 g/mol. The Labute approximate surface area is 108 Å². The molecule has 96 valence electrons. The Kier molecular flexibility index (Phi) is 4.37. The van der Waals surface area contributed by atoms with Crippen molar-refractivity contribution in [3.63, 3.8) is 0 Å². The number of aliphatic hydroxyl groups excluding tert-OH is 2. The van der Waals surface area contributed by atoms with Crippen molar-refractivity contribution in [2.24, 2.45) is 0 Å². The van der Waals surface area contributed by atoms with Crippen LogP contribution in [0.1, 0.15) is 11.1 Å². The molecule has 0 bridgehead atoms. The summed E-state index contributed by atoms with van der Waals surface area (Å²) in [6, 6.07) is 2.52. The van der Waals surface area contributed by atoms with Gasteiger partial charge in [-0.1, -0.05) is 12.1 Å². The van der Waals surface area contributed by atoms with Crippen molar-refractivity contribution < 1.29 is 27.8 Å². The highest BCUT2D eigenvalue weighted by Gasteiger charge is 2.35. The summed E-state index contributed by atoms with van der Waals surface area (Å²) in [7, 11) is 0. The topological polar surface area (TPSA) is 40.5 Å². The molecule has 17 heavy (non-hydrogen) atoms. The zero-order valence-corrected chi connectivity index (χ0v) is 10.6. The van der Waals surface area contributed by atoms with E-state index in [-0.39, 0.29) is 3.57 Å². The maximum absolute atomic E-state index is 13.2. The van der Waals surface area contributed by atoms with Crippen molar-refractivity contribution in [2.75, 3.05) is 13.2 Å². The Morgan fingerprint density at radius 2 is 1.53 bits per heavy atom. The summed E-state index contributed by atoms with van der Waals surface area (Å²) in [5.41, 5.74) is -1.06. The van der Waals surface area contributed by atoms with Crippen LogP contribution in [-0.2, 0) is 11.8 Å². The van der Waals surface area contributed by atoms with E-state index < -0.39 is 36.2 Å². The fourth-order valence-electron chi connectivity index (χ4n) is 1.22. The van der Waals surface area contributed by atoms with Crippen molar-refractivity contribution in [2.45, 2.75) is 11.8 Å². The van der Waals surface area contributed by atoms with E-state index in [9.17, 15) is 17.6 Å². The minimum absolute atomic E-state index is 0.0905. The van der Waals surface area contributed by atoms with Crippen molar-refractivity contribution in [3.8, 4) is 0 Å². The van der Waals surface area contributed by atoms with E-state index >= 15 is 0 Å². The highest BCUT2D eigenvalue weighted by atomic mass is 127. The predicted octanol–water partition coefficient (Wildman–Crippen LogP) is 2.46. The molecular formula is C10H9F4IO2. The van der Waals surface area contributed by atoms with Crippen molar-refractivity contribution in [3.05, 3.63) is 32.9 Å². The molecule has 0 saturated carbocycles. The number of alkyl halides is 4. The minimum Gasteiger partial charge on any atom is -0.390 e. The molecule has 0 aliphatic rings. The zero-order chi connectivity index (χ0) is 13.3. The Balaban J connectivity index is 3.20. The predicted molar refractivity (Wildman–Crippen MR) is 61.1 cm³/mol. The molecule has 1 rings (SSSR count). The van der Waals surface area contributed by atoms with Crippen LogP contribution in [-0.4, -0.2) is 23.4 Å². The van der Waals surface area contributed by atoms with Crippen LogP contribution in [0.25, 0.3) is 0 Å². The summed E-state index contributed by atoms with van der Waals surface area (Å²) in [5, 5.41) is 17.0. The molecule has 1 aromatic rings. The van der Waals surface area contributed by atoms with Gasteiger partial charge in [-0.25, -0.2) is 0 Å². The second-order valence-electron chi connectivity index (χ2n) is 3.42. The van der Waals surface area contributed by atoms with Crippen LogP contribution >= 0.6 is 22.6 Å². The summed E-state index contributed by atoms with van der Waals surface area (Å²) in [5.74, 6) is -6.93. The average molecular weight is 364 g/mol. The number of halogens is 5. The lowest BCUT2D eigenvalue weighted by atomic mass is 10.0. The molecule has 7 heteroatoms. The number of hydrogen-bond acceptors (Lipinski definition) is 2. The fourth-order valence-corrected chi connectivity index (χ4v) is 2.13. The highest BCUT2D eigenvalue weighted by Crippen LogP contribution is 2.35. The molecule has 0 atom stereocenters. The van der Waals surface area contributed by atoms with Crippen LogP contribution in [0.2, 0.25) is 0 Å². The number of hydrogen-bond donors (Lipinski definition) is 2. The van der Waals surface area contributed by atoms with Gasteiger partial charge in [0, 0.05) is 14.7 Å². The average Bonchev–Trinajstić information content (AvgIpc) is 2.28. The molecule has 0 heterocycles. The van der Waals surface area contributed by atoms with E-state index in [0.717, 1.165) is 18.2 Å². The van der Waals surface area contributed by atoms with E-state index in [0.29, 0.717) is 0 Å². The smallest absolute Gasteiger partial charge is 0.296 e. The molecule has 0 amide bonds. The van der Waals surface area contributed by atoms with E-state index in [2.05, 4.69) is 0 Å². The molecule has 0 saturated heterocycles. The Morgan fingerprint density at radius 3 is 1.94 bits per heavy atom. The van der Waals surface area contributed by atoms with Gasteiger partial charge >= 0.3 is 0 Å². The molecule has 0 fully saturated rings. The lowest BCUT2D eigenvalue weighted by Gasteiger charge is -2.18. The maximum atomic E-state index is 13.2. The third-order valence-corrected chi connectivity index (χ3v) is 3.08. The van der Waals surface area contributed by atoms with Crippen molar-refractivity contribution in [1.82, 2.24) is 0 Å². The first-order chi connectivity index (χ1) is 7.74. The summed E-state index contributed by atoms with van der Waals surface area (Å²) in [6.45, 7) is -2.78. The van der Waals surface area contributed by atoms with Crippen molar-refractivity contribution >= 4 is 22.6 Å². The number of aliphatic hydroxyl groups is 2. The lowest BCUT2D eigenvalue weighted by molar-refractivity contribution is -0.0593. The molecule has 2 N–H and O–H groups in total. The number of benzene rings is 1. The standard InChI is InChI=1S/C10H9F4IO2/c11-9(12,4-16)6-1-2-7(8(15)3-6)10(13,14)5-17/h1-3,16-17H,4-5H2. The van der Waals surface area contributed by atoms with E-state index in [1.807, 2.05) is 0 Å². The van der Waals surface area contributed by atoms with Crippen LogP contribution in [0.3, 0.4) is 0 Å². The van der Waals surface area contributed by atoms with Gasteiger partial charge < -0.3 is 10.2 Å². The fraction of sp³-hybridized carbons (Fsp3) is 0.400.